The van der Waals surface area contributed by atoms with E-state index in [1.54, 1.807) is 24.3 Å². The molecule has 58 heavy (non-hydrogen) atoms. The monoisotopic (exact) mass is 790 g/mol. The number of hydrogen-bond donors (Lipinski definition) is 1. The number of esters is 3. The standard InChI is InChI=1S/C50H62O8/c1-3-32-9-13-34(14-10-32)36-17-21-39(22-18-36)48(53)57-42-29-30-46(58-49(54)40-23-19-37(20-24-40)35-15-11-33(4-2)12-16-35)44(31-42)50(55)56-41-27-25-38(26-28-41)47(52)43-7-5-6-8-45(43)51/h5-8,25-37,39-40,51H,3-4,9-24H2,1-2H3. The number of carbonyl (C=O) groups is 4. The van der Waals surface area contributed by atoms with E-state index in [0.29, 0.717) is 17.4 Å². The second-order valence-electron chi connectivity index (χ2n) is 17.9. The van der Waals surface area contributed by atoms with Gasteiger partial charge >= 0.3 is 17.9 Å². The van der Waals surface area contributed by atoms with Crippen molar-refractivity contribution in [3.05, 3.63) is 83.4 Å². The molecule has 0 heterocycles. The molecular formula is C50H62O8. The van der Waals surface area contributed by atoms with Gasteiger partial charge in [0.05, 0.1) is 17.4 Å². The van der Waals surface area contributed by atoms with Crippen molar-refractivity contribution in [3.63, 3.8) is 0 Å². The molecule has 0 aliphatic heterocycles. The highest BCUT2D eigenvalue weighted by Gasteiger charge is 2.36. The zero-order chi connectivity index (χ0) is 40.6. The van der Waals surface area contributed by atoms with E-state index in [4.69, 9.17) is 14.2 Å². The summed E-state index contributed by atoms with van der Waals surface area (Å²) in [5, 5.41) is 10.2. The summed E-state index contributed by atoms with van der Waals surface area (Å²) in [5.74, 6) is 2.58. The lowest BCUT2D eigenvalue weighted by Crippen LogP contribution is -2.30. The summed E-state index contributed by atoms with van der Waals surface area (Å²) < 4.78 is 17.6. The Morgan fingerprint density at radius 3 is 1.48 bits per heavy atom. The zero-order valence-corrected chi connectivity index (χ0v) is 34.5. The Labute approximate surface area is 344 Å². The second-order valence-corrected chi connectivity index (χ2v) is 17.9. The molecule has 0 atom stereocenters. The van der Waals surface area contributed by atoms with Crippen molar-refractivity contribution in [3.8, 4) is 23.0 Å². The lowest BCUT2D eigenvalue weighted by atomic mass is 9.69. The van der Waals surface area contributed by atoms with Crippen molar-refractivity contribution < 1.29 is 38.5 Å². The summed E-state index contributed by atoms with van der Waals surface area (Å²) in [6.07, 6.45) is 20.2. The van der Waals surface area contributed by atoms with Gasteiger partial charge in [0.2, 0.25) is 0 Å². The fourth-order valence-corrected chi connectivity index (χ4v) is 10.7. The van der Waals surface area contributed by atoms with E-state index >= 15 is 0 Å². The Bertz CT molecular complexity index is 1870. The Morgan fingerprint density at radius 2 is 0.983 bits per heavy atom. The van der Waals surface area contributed by atoms with Crippen molar-refractivity contribution in [2.45, 2.75) is 129 Å². The lowest BCUT2D eigenvalue weighted by molar-refractivity contribution is -0.141. The first-order valence-corrected chi connectivity index (χ1v) is 22.4. The Kier molecular flexibility index (Phi) is 14.0. The van der Waals surface area contributed by atoms with Crippen LogP contribution in [0.25, 0.3) is 0 Å². The minimum Gasteiger partial charge on any atom is -0.507 e. The van der Waals surface area contributed by atoms with Crippen LogP contribution in [0.15, 0.2) is 66.7 Å². The molecule has 0 aromatic heterocycles. The van der Waals surface area contributed by atoms with Gasteiger partial charge in [0, 0.05) is 5.56 Å². The fourth-order valence-electron chi connectivity index (χ4n) is 10.7. The average molecular weight is 791 g/mol. The number of para-hydroxylation sites is 1. The SMILES string of the molecule is CCC1CCC(C2CCC(C(=O)Oc3ccc(OC(=O)C4CCC(C5CCC(CC)CC5)CC4)c(C(=O)Oc4ccc(C(=O)c5ccccc5O)cc4)c3)CC2)CC1. The van der Waals surface area contributed by atoms with E-state index in [9.17, 15) is 24.3 Å². The normalized spacial score (nSPS) is 27.6. The molecule has 0 spiro atoms. The van der Waals surface area contributed by atoms with Gasteiger partial charge in [-0.05, 0) is 167 Å². The molecule has 8 heteroatoms. The van der Waals surface area contributed by atoms with Gasteiger partial charge in [0.15, 0.2) is 5.78 Å². The van der Waals surface area contributed by atoms with Crippen LogP contribution in [0.3, 0.4) is 0 Å². The average Bonchev–Trinajstić information content (AvgIpc) is 3.27. The maximum Gasteiger partial charge on any atom is 0.347 e. The smallest absolute Gasteiger partial charge is 0.347 e. The predicted octanol–water partition coefficient (Wildman–Crippen LogP) is 11.7. The molecule has 7 rings (SSSR count). The van der Waals surface area contributed by atoms with Crippen LogP contribution in [0.2, 0.25) is 0 Å². The summed E-state index contributed by atoms with van der Waals surface area (Å²) in [4.78, 5) is 54.0. The third kappa shape index (κ3) is 10.2. The number of benzene rings is 3. The first-order valence-electron chi connectivity index (χ1n) is 22.4. The number of phenols is 1. The van der Waals surface area contributed by atoms with E-state index in [0.717, 1.165) is 75.0 Å². The summed E-state index contributed by atoms with van der Waals surface area (Å²) in [5.41, 5.74) is 0.451. The second kappa shape index (κ2) is 19.5. The van der Waals surface area contributed by atoms with Crippen LogP contribution in [-0.2, 0) is 9.59 Å². The van der Waals surface area contributed by atoms with Gasteiger partial charge < -0.3 is 19.3 Å². The molecule has 3 aromatic rings. The quantitative estimate of drug-likeness (QED) is 0.109. The van der Waals surface area contributed by atoms with Crippen LogP contribution in [0, 0.1) is 47.3 Å². The van der Waals surface area contributed by atoms with Crippen LogP contribution in [0.5, 0.6) is 23.0 Å². The number of carbonyl (C=O) groups excluding carboxylic acids is 4. The van der Waals surface area contributed by atoms with Crippen molar-refractivity contribution >= 4 is 23.7 Å². The minimum absolute atomic E-state index is 0.0271. The van der Waals surface area contributed by atoms with Gasteiger partial charge in [0.25, 0.3) is 0 Å². The fraction of sp³-hybridized carbons (Fsp3) is 0.560. The number of phenolic OH excluding ortho intramolecular Hbond substituents is 1. The molecule has 4 saturated carbocycles. The molecular weight excluding hydrogens is 729 g/mol. The Balaban J connectivity index is 1.01. The topological polar surface area (TPSA) is 116 Å². The highest BCUT2D eigenvalue weighted by Crippen LogP contribution is 2.44. The van der Waals surface area contributed by atoms with Gasteiger partial charge in [-0.15, -0.1) is 0 Å². The van der Waals surface area contributed by atoms with Gasteiger partial charge in [-0.2, -0.15) is 0 Å². The Morgan fingerprint density at radius 1 is 0.517 bits per heavy atom. The molecule has 4 aliphatic rings. The van der Waals surface area contributed by atoms with E-state index in [2.05, 4.69) is 13.8 Å². The molecule has 310 valence electrons. The highest BCUT2D eigenvalue weighted by atomic mass is 16.6. The van der Waals surface area contributed by atoms with Crippen molar-refractivity contribution in [2.75, 3.05) is 0 Å². The maximum atomic E-state index is 13.9. The van der Waals surface area contributed by atoms with Crippen molar-refractivity contribution in [2.24, 2.45) is 47.3 Å². The lowest BCUT2D eigenvalue weighted by Gasteiger charge is -2.37. The van der Waals surface area contributed by atoms with Gasteiger partial charge in [-0.3, -0.25) is 14.4 Å². The summed E-state index contributed by atoms with van der Waals surface area (Å²) in [6, 6.07) is 16.9. The molecule has 3 aromatic carbocycles. The summed E-state index contributed by atoms with van der Waals surface area (Å²) in [6.45, 7) is 4.58. The van der Waals surface area contributed by atoms with Crippen molar-refractivity contribution in [1.29, 1.82) is 0 Å². The number of aromatic hydroxyl groups is 1. The van der Waals surface area contributed by atoms with Crippen molar-refractivity contribution in [1.82, 2.24) is 0 Å². The molecule has 1 N–H and O–H groups in total. The maximum absolute atomic E-state index is 13.9. The third-order valence-corrected chi connectivity index (χ3v) is 14.6. The molecule has 0 amide bonds. The minimum atomic E-state index is -0.787. The van der Waals surface area contributed by atoms with Crippen LogP contribution in [-0.4, -0.2) is 28.8 Å². The number of ether oxygens (including phenoxy) is 3. The predicted molar refractivity (Wildman–Crippen MR) is 223 cm³/mol. The summed E-state index contributed by atoms with van der Waals surface area (Å²) in [7, 11) is 0. The third-order valence-electron chi connectivity index (χ3n) is 14.6. The van der Waals surface area contributed by atoms with Gasteiger partial charge in [0.1, 0.15) is 28.6 Å². The molecule has 0 saturated heterocycles. The largest absolute Gasteiger partial charge is 0.507 e. The number of rotatable bonds is 12. The van der Waals surface area contributed by atoms with Crippen LogP contribution < -0.4 is 14.2 Å². The first kappa shape index (κ1) is 41.7. The van der Waals surface area contributed by atoms with Gasteiger partial charge in [-0.25, -0.2) is 4.79 Å². The van der Waals surface area contributed by atoms with Gasteiger partial charge in [-0.1, -0.05) is 64.5 Å². The van der Waals surface area contributed by atoms with Crippen LogP contribution >= 0.6 is 0 Å². The molecule has 4 aliphatic carbocycles. The molecule has 0 radical (unpaired) electrons. The van der Waals surface area contributed by atoms with E-state index in [-0.39, 0.29) is 63.7 Å². The number of hydrogen-bond acceptors (Lipinski definition) is 8. The molecule has 0 unspecified atom stereocenters. The van der Waals surface area contributed by atoms with Crippen LogP contribution in [0.1, 0.15) is 156 Å². The van der Waals surface area contributed by atoms with E-state index < -0.39 is 5.97 Å². The molecule has 0 bridgehead atoms. The zero-order valence-electron chi connectivity index (χ0n) is 34.5. The summed E-state index contributed by atoms with van der Waals surface area (Å²) >= 11 is 0. The Hall–Kier alpha value is -4.46. The molecule has 4 fully saturated rings. The first-order chi connectivity index (χ1) is 28.2. The van der Waals surface area contributed by atoms with E-state index in [1.807, 2.05) is 0 Å². The van der Waals surface area contributed by atoms with Crippen LogP contribution in [0.4, 0.5) is 0 Å². The van der Waals surface area contributed by atoms with E-state index in [1.165, 1.54) is 107 Å². The highest BCUT2D eigenvalue weighted by molar-refractivity contribution is 6.10. The molecule has 8 nitrogen and oxygen atoms in total. The number of ketones is 1.